The van der Waals surface area contributed by atoms with Crippen LogP contribution >= 0.6 is 0 Å². The summed E-state index contributed by atoms with van der Waals surface area (Å²) in [4.78, 5) is 43.6. The van der Waals surface area contributed by atoms with Crippen molar-refractivity contribution in [2.75, 3.05) is 19.8 Å². The van der Waals surface area contributed by atoms with Crippen LogP contribution in [0.25, 0.3) is 0 Å². The van der Waals surface area contributed by atoms with Crippen molar-refractivity contribution in [1.29, 1.82) is 0 Å². The number of esters is 2. The van der Waals surface area contributed by atoms with E-state index in [2.05, 4.69) is 19.7 Å². The molecule has 9 nitrogen and oxygen atoms in total. The predicted octanol–water partition coefficient (Wildman–Crippen LogP) is 3.62. The van der Waals surface area contributed by atoms with Crippen LogP contribution in [0.15, 0.2) is 86.5 Å². The molecular formula is C25H26O9. The Bertz CT molecular complexity index is 898. The topological polar surface area (TPSA) is 147 Å². The maximum Gasteiger partial charge on any atom is 0.338 e. The van der Waals surface area contributed by atoms with E-state index in [-0.39, 0.29) is 30.9 Å². The minimum absolute atomic E-state index is 0.0833. The van der Waals surface area contributed by atoms with Crippen LogP contribution in [-0.4, -0.2) is 59.0 Å². The fourth-order valence-corrected chi connectivity index (χ4v) is 1.93. The maximum absolute atomic E-state index is 11.5. The zero-order valence-corrected chi connectivity index (χ0v) is 18.4. The molecule has 0 aliphatic rings. The van der Waals surface area contributed by atoms with E-state index in [0.29, 0.717) is 11.1 Å². The maximum atomic E-state index is 11.5. The molecule has 0 amide bonds. The predicted molar refractivity (Wildman–Crippen MR) is 125 cm³/mol. The molecule has 0 bridgehead atoms. The van der Waals surface area contributed by atoms with Gasteiger partial charge in [0, 0.05) is 0 Å². The summed E-state index contributed by atoms with van der Waals surface area (Å²) in [5.74, 6) is -3.04. The van der Waals surface area contributed by atoms with E-state index in [1.807, 2.05) is 0 Å². The fourth-order valence-electron chi connectivity index (χ4n) is 1.93. The lowest BCUT2D eigenvalue weighted by Gasteiger charge is -2.04. The van der Waals surface area contributed by atoms with Crippen LogP contribution in [0.4, 0.5) is 0 Å². The number of hydrogen-bond donors (Lipinski definition) is 3. The number of rotatable bonds is 9. The lowest BCUT2D eigenvalue weighted by Crippen LogP contribution is -2.07. The van der Waals surface area contributed by atoms with Crippen molar-refractivity contribution in [3.05, 3.63) is 109 Å². The third kappa shape index (κ3) is 11.8. The van der Waals surface area contributed by atoms with Gasteiger partial charge in [-0.3, -0.25) is 0 Å². The molecule has 2 rings (SSSR count). The minimum Gasteiger partial charge on any atom is -0.478 e. The van der Waals surface area contributed by atoms with E-state index in [1.54, 1.807) is 0 Å². The van der Waals surface area contributed by atoms with Gasteiger partial charge in [-0.15, -0.1) is 6.58 Å². The molecule has 3 N–H and O–H groups in total. The van der Waals surface area contributed by atoms with Gasteiger partial charge in [0.05, 0.1) is 28.9 Å². The van der Waals surface area contributed by atoms with Gasteiger partial charge in [0.15, 0.2) is 0 Å². The number of carboxylic acid groups (broad SMARTS) is 2. The lowest BCUT2D eigenvalue weighted by molar-refractivity contribution is 0.0535. The van der Waals surface area contributed by atoms with Crippen molar-refractivity contribution in [3.63, 3.8) is 0 Å². The third-order valence-electron chi connectivity index (χ3n) is 3.53. The van der Waals surface area contributed by atoms with E-state index in [0.717, 1.165) is 0 Å². The Labute approximate surface area is 196 Å². The minimum atomic E-state index is -1.06. The molecule has 2 aromatic rings. The van der Waals surface area contributed by atoms with Gasteiger partial charge in [-0.05, 0) is 48.5 Å². The van der Waals surface area contributed by atoms with E-state index >= 15 is 0 Å². The zero-order valence-electron chi connectivity index (χ0n) is 18.4. The first-order valence-corrected chi connectivity index (χ1v) is 9.66. The Hall–Kier alpha value is -4.50. The first kappa shape index (κ1) is 29.5. The molecule has 0 unspecified atom stereocenters. The molecule has 180 valence electrons. The van der Waals surface area contributed by atoms with Gasteiger partial charge >= 0.3 is 23.9 Å². The monoisotopic (exact) mass is 470 g/mol. The molecule has 0 heterocycles. The molecule has 34 heavy (non-hydrogen) atoms. The van der Waals surface area contributed by atoms with Gasteiger partial charge in [-0.25, -0.2) is 19.2 Å². The molecule has 0 radical (unpaired) electrons. The van der Waals surface area contributed by atoms with Crippen LogP contribution < -0.4 is 0 Å². The highest BCUT2D eigenvalue weighted by molar-refractivity contribution is 5.93. The van der Waals surface area contributed by atoms with Crippen LogP contribution in [-0.2, 0) is 9.47 Å². The number of carboxylic acids is 2. The number of aromatic carboxylic acids is 2. The van der Waals surface area contributed by atoms with Gasteiger partial charge in [0.1, 0.15) is 13.2 Å². The Balaban J connectivity index is 0.000000584. The molecule has 0 aliphatic carbocycles. The fraction of sp³-hybridized carbons (Fsp3) is 0.120. The molecule has 0 fully saturated rings. The standard InChI is InChI=1S/C14H14O4.C8H6O4.C3H6O/c1-3-9-17-13(15)11-5-7-12(8-6-11)14(16)18-10-4-2;9-7(10)5-1-2-6(4-3-5)8(11)12;1-2-3-4/h3-8H,1-2,9-10H2;1-4H,(H,9,10)(H,11,12);2,4H,1,3H2. The quantitative estimate of drug-likeness (QED) is 0.369. The number of carbonyl (C=O) groups excluding carboxylic acids is 2. The largest absolute Gasteiger partial charge is 0.478 e. The normalized spacial score (nSPS) is 8.97. The van der Waals surface area contributed by atoms with Crippen LogP contribution in [0.5, 0.6) is 0 Å². The molecule has 0 spiro atoms. The summed E-state index contributed by atoms with van der Waals surface area (Å²) in [6.07, 6.45) is 4.40. The first-order valence-electron chi connectivity index (χ1n) is 9.66. The molecule has 0 saturated heterocycles. The van der Waals surface area contributed by atoms with Crippen LogP contribution in [0.1, 0.15) is 41.4 Å². The molecule has 0 aromatic heterocycles. The highest BCUT2D eigenvalue weighted by atomic mass is 16.5. The van der Waals surface area contributed by atoms with Crippen molar-refractivity contribution >= 4 is 23.9 Å². The van der Waals surface area contributed by atoms with Crippen molar-refractivity contribution in [1.82, 2.24) is 0 Å². The molecule has 9 heteroatoms. The Morgan fingerprint density at radius 1 is 0.618 bits per heavy atom. The van der Waals surface area contributed by atoms with Crippen molar-refractivity contribution in [3.8, 4) is 0 Å². The Morgan fingerprint density at radius 3 is 1.09 bits per heavy atom. The summed E-state index contributed by atoms with van der Waals surface area (Å²) < 4.78 is 9.71. The zero-order chi connectivity index (χ0) is 25.9. The lowest BCUT2D eigenvalue weighted by atomic mass is 10.1. The average molecular weight is 470 g/mol. The van der Waals surface area contributed by atoms with Gasteiger partial charge in [-0.1, -0.05) is 31.4 Å². The summed E-state index contributed by atoms with van der Waals surface area (Å²) in [5, 5.41) is 24.7. The van der Waals surface area contributed by atoms with Crippen molar-refractivity contribution in [2.24, 2.45) is 0 Å². The molecule has 0 aliphatic heterocycles. The number of ether oxygens (including phenoxy) is 2. The van der Waals surface area contributed by atoms with Crippen molar-refractivity contribution < 1.29 is 44.0 Å². The summed E-state index contributed by atoms with van der Waals surface area (Å²) >= 11 is 0. The number of aliphatic hydroxyl groups excluding tert-OH is 1. The van der Waals surface area contributed by atoms with Gasteiger partial charge < -0.3 is 24.8 Å². The summed E-state index contributed by atoms with van der Waals surface area (Å²) in [5.41, 5.74) is 0.911. The second-order valence-electron chi connectivity index (χ2n) is 6.01. The average Bonchev–Trinajstić information content (AvgIpc) is 2.86. The van der Waals surface area contributed by atoms with Gasteiger partial charge in [0.2, 0.25) is 0 Å². The van der Waals surface area contributed by atoms with E-state index < -0.39 is 23.9 Å². The van der Waals surface area contributed by atoms with Crippen molar-refractivity contribution in [2.45, 2.75) is 0 Å². The molecule has 2 aromatic carbocycles. The number of hydrogen-bond acceptors (Lipinski definition) is 7. The third-order valence-corrected chi connectivity index (χ3v) is 3.53. The SMILES string of the molecule is C=CCO.C=CCOC(=O)c1ccc(C(=O)OCC=C)cc1.O=C(O)c1ccc(C(=O)O)cc1. The highest BCUT2D eigenvalue weighted by Crippen LogP contribution is 2.08. The second kappa shape index (κ2) is 17.1. The number of carbonyl (C=O) groups is 4. The highest BCUT2D eigenvalue weighted by Gasteiger charge is 2.10. The molecule has 0 atom stereocenters. The smallest absolute Gasteiger partial charge is 0.338 e. The van der Waals surface area contributed by atoms with Crippen LogP contribution in [0.3, 0.4) is 0 Å². The Morgan fingerprint density at radius 2 is 0.882 bits per heavy atom. The molecule has 0 saturated carbocycles. The van der Waals surface area contributed by atoms with E-state index in [4.69, 9.17) is 24.8 Å². The summed E-state index contributed by atoms with van der Waals surface area (Å²) in [6, 6.07) is 11.1. The molecular weight excluding hydrogens is 444 g/mol. The van der Waals surface area contributed by atoms with E-state index in [1.165, 1.54) is 66.8 Å². The summed E-state index contributed by atoms with van der Waals surface area (Å²) in [6.45, 7) is 10.5. The Kier molecular flexibility index (Phi) is 14.8. The summed E-state index contributed by atoms with van der Waals surface area (Å²) in [7, 11) is 0. The van der Waals surface area contributed by atoms with Gasteiger partial charge in [-0.2, -0.15) is 0 Å². The first-order chi connectivity index (χ1) is 16.2. The second-order valence-corrected chi connectivity index (χ2v) is 6.01. The van der Waals surface area contributed by atoms with Gasteiger partial charge in [0.25, 0.3) is 0 Å². The van der Waals surface area contributed by atoms with Crippen LogP contribution in [0, 0.1) is 0 Å². The number of aliphatic hydroxyl groups is 1. The van der Waals surface area contributed by atoms with Crippen LogP contribution in [0.2, 0.25) is 0 Å². The number of benzene rings is 2. The van der Waals surface area contributed by atoms with E-state index in [9.17, 15) is 19.2 Å².